The summed E-state index contributed by atoms with van der Waals surface area (Å²) >= 11 is 0. The van der Waals surface area contributed by atoms with Gasteiger partial charge < -0.3 is 4.74 Å². The van der Waals surface area contributed by atoms with E-state index >= 15 is 0 Å². The lowest BCUT2D eigenvalue weighted by Gasteiger charge is -2.17. The maximum Gasteiger partial charge on any atom is 0.0576 e. The summed E-state index contributed by atoms with van der Waals surface area (Å²) in [6, 6.07) is 0.487. The van der Waals surface area contributed by atoms with E-state index in [4.69, 9.17) is 10.6 Å². The van der Waals surface area contributed by atoms with E-state index in [9.17, 15) is 0 Å². The van der Waals surface area contributed by atoms with Crippen molar-refractivity contribution in [2.24, 2.45) is 5.84 Å². The van der Waals surface area contributed by atoms with Crippen LogP contribution in [0.1, 0.15) is 64.7 Å². The van der Waals surface area contributed by atoms with Gasteiger partial charge >= 0.3 is 0 Å². The van der Waals surface area contributed by atoms with E-state index in [0.717, 1.165) is 13.0 Å². The van der Waals surface area contributed by atoms with Gasteiger partial charge in [0.05, 0.1) is 6.10 Å². The van der Waals surface area contributed by atoms with Crippen LogP contribution in [0.2, 0.25) is 0 Å². The Morgan fingerprint density at radius 1 is 1.31 bits per heavy atom. The lowest BCUT2D eigenvalue weighted by atomic mass is 10.0. The van der Waals surface area contributed by atoms with Crippen LogP contribution in [0.3, 0.4) is 0 Å². The predicted molar refractivity (Wildman–Crippen MR) is 68.1 cm³/mol. The Morgan fingerprint density at radius 2 is 2.19 bits per heavy atom. The smallest absolute Gasteiger partial charge is 0.0576 e. The maximum atomic E-state index is 5.62. The Morgan fingerprint density at radius 3 is 2.81 bits per heavy atom. The average Bonchev–Trinajstić information content (AvgIpc) is 2.81. The monoisotopic (exact) mass is 228 g/mol. The zero-order valence-corrected chi connectivity index (χ0v) is 10.7. The SMILES string of the molecule is CCCCCCC(CCC1CCCO1)NN. The van der Waals surface area contributed by atoms with E-state index in [2.05, 4.69) is 12.3 Å². The van der Waals surface area contributed by atoms with Crippen LogP contribution in [0, 0.1) is 0 Å². The second kappa shape index (κ2) is 8.97. The Bertz CT molecular complexity index is 158. The molecule has 1 aliphatic rings. The van der Waals surface area contributed by atoms with Gasteiger partial charge in [-0.2, -0.15) is 0 Å². The third-order valence-electron chi connectivity index (χ3n) is 3.50. The molecular formula is C13H28N2O. The molecular weight excluding hydrogens is 200 g/mol. The minimum absolute atomic E-state index is 0.487. The molecule has 0 aromatic heterocycles. The molecule has 16 heavy (non-hydrogen) atoms. The highest BCUT2D eigenvalue weighted by atomic mass is 16.5. The van der Waals surface area contributed by atoms with Crippen LogP contribution in [-0.2, 0) is 4.74 Å². The summed E-state index contributed by atoms with van der Waals surface area (Å²) in [4.78, 5) is 0. The molecule has 0 aromatic rings. The van der Waals surface area contributed by atoms with Gasteiger partial charge in [-0.15, -0.1) is 0 Å². The second-order valence-electron chi connectivity index (χ2n) is 4.93. The first kappa shape index (κ1) is 13.9. The Balaban J connectivity index is 2.01. The summed E-state index contributed by atoms with van der Waals surface area (Å²) in [5, 5.41) is 0. The van der Waals surface area contributed by atoms with Crippen molar-refractivity contribution in [1.29, 1.82) is 0 Å². The van der Waals surface area contributed by atoms with Crippen LogP contribution in [0.25, 0.3) is 0 Å². The minimum atomic E-state index is 0.487. The molecule has 1 heterocycles. The number of nitrogens with two attached hydrogens (primary N) is 1. The molecule has 0 spiro atoms. The Labute approximate surface area is 100 Å². The standard InChI is InChI=1S/C13H28N2O/c1-2-3-4-5-7-12(15-14)9-10-13-8-6-11-16-13/h12-13,15H,2-11,14H2,1H3. The van der Waals surface area contributed by atoms with Crippen molar-refractivity contribution in [3.8, 4) is 0 Å². The zero-order chi connectivity index (χ0) is 11.6. The van der Waals surface area contributed by atoms with E-state index in [1.807, 2.05) is 0 Å². The fraction of sp³-hybridized carbons (Fsp3) is 1.00. The van der Waals surface area contributed by atoms with Gasteiger partial charge in [0.1, 0.15) is 0 Å². The van der Waals surface area contributed by atoms with Gasteiger partial charge in [-0.05, 0) is 32.1 Å². The summed E-state index contributed by atoms with van der Waals surface area (Å²) in [5.74, 6) is 5.58. The van der Waals surface area contributed by atoms with Crippen LogP contribution in [0.4, 0.5) is 0 Å². The van der Waals surface area contributed by atoms with Gasteiger partial charge in [0, 0.05) is 12.6 Å². The molecule has 0 amide bonds. The summed E-state index contributed by atoms with van der Waals surface area (Å²) in [6.45, 7) is 3.21. The van der Waals surface area contributed by atoms with Gasteiger partial charge in [-0.3, -0.25) is 11.3 Å². The lowest BCUT2D eigenvalue weighted by Crippen LogP contribution is -2.35. The fourth-order valence-electron chi connectivity index (χ4n) is 2.39. The highest BCUT2D eigenvalue weighted by Gasteiger charge is 2.17. The van der Waals surface area contributed by atoms with Crippen molar-refractivity contribution < 1.29 is 4.74 Å². The molecule has 2 unspecified atom stereocenters. The van der Waals surface area contributed by atoms with Gasteiger partial charge in [-0.25, -0.2) is 0 Å². The van der Waals surface area contributed by atoms with E-state index in [0.29, 0.717) is 12.1 Å². The second-order valence-corrected chi connectivity index (χ2v) is 4.93. The molecule has 3 nitrogen and oxygen atoms in total. The van der Waals surface area contributed by atoms with Crippen molar-refractivity contribution in [1.82, 2.24) is 5.43 Å². The molecule has 1 rings (SSSR count). The van der Waals surface area contributed by atoms with Crippen LogP contribution < -0.4 is 11.3 Å². The van der Waals surface area contributed by atoms with Gasteiger partial charge in [0.15, 0.2) is 0 Å². The quantitative estimate of drug-likeness (QED) is 0.362. The van der Waals surface area contributed by atoms with Crippen molar-refractivity contribution in [3.05, 3.63) is 0 Å². The zero-order valence-electron chi connectivity index (χ0n) is 10.7. The maximum absolute atomic E-state index is 5.62. The number of rotatable bonds is 9. The van der Waals surface area contributed by atoms with E-state index in [1.165, 1.54) is 51.4 Å². The fourth-order valence-corrected chi connectivity index (χ4v) is 2.39. The topological polar surface area (TPSA) is 47.3 Å². The molecule has 1 saturated heterocycles. The van der Waals surface area contributed by atoms with E-state index < -0.39 is 0 Å². The molecule has 96 valence electrons. The van der Waals surface area contributed by atoms with Gasteiger partial charge in [0.25, 0.3) is 0 Å². The minimum Gasteiger partial charge on any atom is -0.378 e. The van der Waals surface area contributed by atoms with Crippen molar-refractivity contribution in [2.45, 2.75) is 76.9 Å². The number of hydrogen-bond donors (Lipinski definition) is 2. The Hall–Kier alpha value is -0.120. The highest BCUT2D eigenvalue weighted by Crippen LogP contribution is 2.19. The third kappa shape index (κ3) is 5.83. The van der Waals surface area contributed by atoms with E-state index in [-0.39, 0.29) is 0 Å². The number of hydrazine groups is 1. The van der Waals surface area contributed by atoms with Crippen molar-refractivity contribution in [2.75, 3.05) is 6.61 Å². The van der Waals surface area contributed by atoms with Crippen molar-refractivity contribution in [3.63, 3.8) is 0 Å². The largest absolute Gasteiger partial charge is 0.378 e. The number of nitrogens with one attached hydrogen (secondary N) is 1. The average molecular weight is 228 g/mol. The number of ether oxygens (including phenoxy) is 1. The molecule has 0 radical (unpaired) electrons. The molecule has 0 saturated carbocycles. The number of hydrogen-bond acceptors (Lipinski definition) is 3. The summed E-state index contributed by atoms with van der Waals surface area (Å²) < 4.78 is 5.62. The molecule has 2 atom stereocenters. The van der Waals surface area contributed by atoms with Crippen LogP contribution in [-0.4, -0.2) is 18.8 Å². The predicted octanol–water partition coefficient (Wildman–Crippen LogP) is 2.75. The van der Waals surface area contributed by atoms with Gasteiger partial charge in [0.2, 0.25) is 0 Å². The molecule has 1 aliphatic heterocycles. The summed E-state index contributed by atoms with van der Waals surface area (Å²) in [5.41, 5.74) is 2.95. The third-order valence-corrected chi connectivity index (χ3v) is 3.50. The van der Waals surface area contributed by atoms with Crippen molar-refractivity contribution >= 4 is 0 Å². The van der Waals surface area contributed by atoms with E-state index in [1.54, 1.807) is 0 Å². The molecule has 0 bridgehead atoms. The summed E-state index contributed by atoms with van der Waals surface area (Å²) in [7, 11) is 0. The van der Waals surface area contributed by atoms with Crippen LogP contribution in [0.15, 0.2) is 0 Å². The molecule has 0 aromatic carbocycles. The van der Waals surface area contributed by atoms with Crippen LogP contribution in [0.5, 0.6) is 0 Å². The first-order valence-corrected chi connectivity index (χ1v) is 6.94. The first-order valence-electron chi connectivity index (χ1n) is 6.94. The highest BCUT2D eigenvalue weighted by molar-refractivity contribution is 4.70. The Kier molecular flexibility index (Phi) is 7.81. The summed E-state index contributed by atoms with van der Waals surface area (Å²) in [6.07, 6.45) is 11.8. The molecule has 3 N–H and O–H groups in total. The molecule has 0 aliphatic carbocycles. The molecule has 1 fully saturated rings. The first-order chi connectivity index (χ1) is 7.86. The van der Waals surface area contributed by atoms with Gasteiger partial charge in [-0.1, -0.05) is 32.6 Å². The molecule has 3 heteroatoms. The lowest BCUT2D eigenvalue weighted by molar-refractivity contribution is 0.0992. The number of unbranched alkanes of at least 4 members (excludes halogenated alkanes) is 3. The normalized spacial score (nSPS) is 22.5. The van der Waals surface area contributed by atoms with Crippen LogP contribution >= 0.6 is 0 Å².